The van der Waals surface area contributed by atoms with Crippen LogP contribution in [0.5, 0.6) is 0 Å². The van der Waals surface area contributed by atoms with Crippen molar-refractivity contribution in [3.8, 4) is 0 Å². The summed E-state index contributed by atoms with van der Waals surface area (Å²) in [6.45, 7) is 1.44. The molecule has 27 heavy (non-hydrogen) atoms. The molecular weight excluding hydrogens is 393 g/mol. The van der Waals surface area contributed by atoms with Crippen LogP contribution in [-0.4, -0.2) is 60.2 Å². The first-order chi connectivity index (χ1) is 13.0. The van der Waals surface area contributed by atoms with Crippen molar-refractivity contribution in [1.82, 2.24) is 15.1 Å². The molecule has 1 aliphatic heterocycles. The zero-order valence-electron chi connectivity index (χ0n) is 14.3. The number of nitrogens with zero attached hydrogens (tertiary/aromatic N) is 2. The second-order valence-electron chi connectivity index (χ2n) is 5.96. The molecule has 0 unspecified atom stereocenters. The zero-order chi connectivity index (χ0) is 19.4. The molecule has 1 fully saturated rings. The van der Waals surface area contributed by atoms with Crippen LogP contribution in [0.1, 0.15) is 20.9 Å². The van der Waals surface area contributed by atoms with Gasteiger partial charge >= 0.3 is 0 Å². The van der Waals surface area contributed by atoms with Gasteiger partial charge in [-0.2, -0.15) is 0 Å². The van der Waals surface area contributed by atoms with Crippen LogP contribution in [0.15, 0.2) is 41.0 Å². The van der Waals surface area contributed by atoms with Gasteiger partial charge in [0.15, 0.2) is 5.76 Å². The minimum Gasteiger partial charge on any atom is -0.459 e. The van der Waals surface area contributed by atoms with Gasteiger partial charge in [0.05, 0.1) is 23.4 Å². The Morgan fingerprint density at radius 1 is 1.04 bits per heavy atom. The van der Waals surface area contributed by atoms with E-state index in [0.29, 0.717) is 31.2 Å². The highest BCUT2D eigenvalue weighted by Crippen LogP contribution is 2.20. The fourth-order valence-electron chi connectivity index (χ4n) is 2.75. The predicted molar refractivity (Wildman–Crippen MR) is 100.0 cm³/mol. The topological polar surface area (TPSA) is 82.9 Å². The maximum absolute atomic E-state index is 12.3. The van der Waals surface area contributed by atoms with Crippen LogP contribution in [0.4, 0.5) is 0 Å². The Morgan fingerprint density at radius 3 is 2.37 bits per heavy atom. The molecule has 1 saturated heterocycles. The molecule has 0 spiro atoms. The molecule has 0 atom stereocenters. The van der Waals surface area contributed by atoms with Crippen molar-refractivity contribution in [2.24, 2.45) is 0 Å². The molecule has 1 N–H and O–H groups in total. The summed E-state index contributed by atoms with van der Waals surface area (Å²) in [6, 6.07) is 7.79. The molecule has 9 heteroatoms. The molecule has 1 aromatic carbocycles. The highest BCUT2D eigenvalue weighted by molar-refractivity contribution is 6.36. The molecule has 7 nitrogen and oxygen atoms in total. The second-order valence-corrected chi connectivity index (χ2v) is 6.80. The average molecular weight is 410 g/mol. The maximum Gasteiger partial charge on any atom is 0.289 e. The molecule has 0 aliphatic carbocycles. The number of furan rings is 1. The van der Waals surface area contributed by atoms with Crippen molar-refractivity contribution in [3.63, 3.8) is 0 Å². The van der Waals surface area contributed by atoms with E-state index in [4.69, 9.17) is 27.6 Å². The summed E-state index contributed by atoms with van der Waals surface area (Å²) >= 11 is 11.8. The third-order valence-electron chi connectivity index (χ3n) is 4.23. The summed E-state index contributed by atoms with van der Waals surface area (Å²) in [4.78, 5) is 39.9. The molecule has 3 amide bonds. The van der Waals surface area contributed by atoms with Crippen molar-refractivity contribution in [1.29, 1.82) is 0 Å². The van der Waals surface area contributed by atoms with Gasteiger partial charge in [-0.05, 0) is 30.3 Å². The van der Waals surface area contributed by atoms with Gasteiger partial charge in [-0.1, -0.05) is 23.2 Å². The smallest absolute Gasteiger partial charge is 0.289 e. The van der Waals surface area contributed by atoms with Crippen molar-refractivity contribution < 1.29 is 18.8 Å². The third kappa shape index (κ3) is 4.61. The number of rotatable bonds is 4. The van der Waals surface area contributed by atoms with Crippen LogP contribution >= 0.6 is 23.2 Å². The summed E-state index contributed by atoms with van der Waals surface area (Å²) in [7, 11) is 0. The van der Waals surface area contributed by atoms with Gasteiger partial charge < -0.3 is 19.5 Å². The van der Waals surface area contributed by atoms with E-state index in [9.17, 15) is 14.4 Å². The van der Waals surface area contributed by atoms with E-state index >= 15 is 0 Å². The lowest BCUT2D eigenvalue weighted by Crippen LogP contribution is -2.52. The number of piperazine rings is 1. The van der Waals surface area contributed by atoms with Gasteiger partial charge in [0.25, 0.3) is 11.8 Å². The first kappa shape index (κ1) is 19.3. The average Bonchev–Trinajstić information content (AvgIpc) is 3.20. The lowest BCUT2D eigenvalue weighted by molar-refractivity contribution is -0.131. The van der Waals surface area contributed by atoms with Crippen LogP contribution in [-0.2, 0) is 4.79 Å². The van der Waals surface area contributed by atoms with Crippen molar-refractivity contribution >= 4 is 40.9 Å². The monoisotopic (exact) mass is 409 g/mol. The van der Waals surface area contributed by atoms with Gasteiger partial charge in [-0.3, -0.25) is 14.4 Å². The normalized spacial score (nSPS) is 14.1. The second kappa shape index (κ2) is 8.45. The summed E-state index contributed by atoms with van der Waals surface area (Å²) in [5.41, 5.74) is 0.253. The number of nitrogens with one attached hydrogen (secondary N) is 1. The third-order valence-corrected chi connectivity index (χ3v) is 4.78. The van der Waals surface area contributed by atoms with E-state index in [1.54, 1.807) is 28.0 Å². The lowest BCUT2D eigenvalue weighted by Gasteiger charge is -2.34. The standard InChI is InChI=1S/C18H17Cl2N3O4/c19-12-3-4-13(14(20)10-12)17(25)21-11-16(24)22-5-7-23(8-6-22)18(26)15-2-1-9-27-15/h1-4,9-10H,5-8,11H2,(H,21,25). The van der Waals surface area contributed by atoms with Gasteiger partial charge in [0.1, 0.15) is 0 Å². The molecule has 2 heterocycles. The first-order valence-corrected chi connectivity index (χ1v) is 9.05. The predicted octanol–water partition coefficient (Wildman–Crippen LogP) is 2.30. The van der Waals surface area contributed by atoms with Crippen molar-refractivity contribution in [3.05, 3.63) is 58.0 Å². The van der Waals surface area contributed by atoms with E-state index in [0.717, 1.165) is 0 Å². The number of carbonyl (C=O) groups excluding carboxylic acids is 3. The molecule has 142 valence electrons. The maximum atomic E-state index is 12.3. The zero-order valence-corrected chi connectivity index (χ0v) is 15.8. The van der Waals surface area contributed by atoms with E-state index in [-0.39, 0.29) is 34.7 Å². The SMILES string of the molecule is O=C(NCC(=O)N1CCN(C(=O)c2ccco2)CC1)c1ccc(Cl)cc1Cl. The number of hydrogen-bond acceptors (Lipinski definition) is 4. The van der Waals surface area contributed by atoms with Crippen LogP contribution in [0.25, 0.3) is 0 Å². The van der Waals surface area contributed by atoms with E-state index in [1.807, 2.05) is 0 Å². The molecular formula is C18H17Cl2N3O4. The molecule has 1 aliphatic rings. The Bertz CT molecular complexity index is 846. The van der Waals surface area contributed by atoms with Gasteiger partial charge in [-0.25, -0.2) is 0 Å². The van der Waals surface area contributed by atoms with Crippen LogP contribution in [0.2, 0.25) is 10.0 Å². The number of amides is 3. The van der Waals surface area contributed by atoms with Gasteiger partial charge in [0.2, 0.25) is 5.91 Å². The summed E-state index contributed by atoms with van der Waals surface area (Å²) < 4.78 is 5.11. The number of benzene rings is 1. The van der Waals surface area contributed by atoms with Gasteiger partial charge in [-0.15, -0.1) is 0 Å². The van der Waals surface area contributed by atoms with E-state index in [1.165, 1.54) is 18.4 Å². The van der Waals surface area contributed by atoms with E-state index in [2.05, 4.69) is 5.32 Å². The number of hydrogen-bond donors (Lipinski definition) is 1. The van der Waals surface area contributed by atoms with Crippen LogP contribution in [0.3, 0.4) is 0 Å². The Morgan fingerprint density at radius 2 is 1.74 bits per heavy atom. The molecule has 0 saturated carbocycles. The molecule has 2 aromatic rings. The van der Waals surface area contributed by atoms with E-state index < -0.39 is 5.91 Å². The Balaban J connectivity index is 1.48. The van der Waals surface area contributed by atoms with Crippen LogP contribution in [0, 0.1) is 0 Å². The fraction of sp³-hybridized carbons (Fsp3) is 0.278. The minimum atomic E-state index is -0.448. The van der Waals surface area contributed by atoms with Gasteiger partial charge in [0, 0.05) is 31.2 Å². The fourth-order valence-corrected chi connectivity index (χ4v) is 3.25. The van der Waals surface area contributed by atoms with Crippen LogP contribution < -0.4 is 5.32 Å². The largest absolute Gasteiger partial charge is 0.459 e. The Kier molecular flexibility index (Phi) is 6.03. The first-order valence-electron chi connectivity index (χ1n) is 8.29. The highest BCUT2D eigenvalue weighted by atomic mass is 35.5. The number of carbonyl (C=O) groups is 3. The summed E-state index contributed by atoms with van der Waals surface area (Å²) in [5.74, 6) is -0.588. The molecule has 1 aromatic heterocycles. The van der Waals surface area contributed by atoms with Crippen molar-refractivity contribution in [2.45, 2.75) is 0 Å². The number of halogens is 2. The molecule has 0 bridgehead atoms. The minimum absolute atomic E-state index is 0.149. The lowest BCUT2D eigenvalue weighted by atomic mass is 10.2. The quantitative estimate of drug-likeness (QED) is 0.839. The Labute approximate surface area is 165 Å². The van der Waals surface area contributed by atoms with Crippen molar-refractivity contribution in [2.75, 3.05) is 32.7 Å². The highest BCUT2D eigenvalue weighted by Gasteiger charge is 2.26. The molecule has 0 radical (unpaired) electrons. The summed E-state index contributed by atoms with van der Waals surface area (Å²) in [5, 5.41) is 3.20. The Hall–Kier alpha value is -2.51. The summed E-state index contributed by atoms with van der Waals surface area (Å²) in [6.07, 6.45) is 1.45. The molecule has 3 rings (SSSR count).